The van der Waals surface area contributed by atoms with Crippen LogP contribution >= 0.6 is 0 Å². The maximum Gasteiger partial charge on any atom is 0.221 e. The highest BCUT2D eigenvalue weighted by molar-refractivity contribution is 4.96. The van der Waals surface area contributed by atoms with Crippen LogP contribution in [0.3, 0.4) is 0 Å². The van der Waals surface area contributed by atoms with Crippen LogP contribution in [0.4, 0.5) is 0 Å². The minimum absolute atomic E-state index is 0.368. The standard InChI is InChI=1S/C14H26O10/c1-3-6-8(15)9(16)10(17)13(24-6)22-4-7-12(19)14(20,21)11(18)5(2)23-7/h5-13,15-21H,3-4H2,1-2H3/t5-,6?,7?,8+,9+,10?,11?,12+,13+/m0/s1. The maximum atomic E-state index is 9.91. The van der Waals surface area contributed by atoms with Crippen LogP contribution in [0, 0.1) is 0 Å². The van der Waals surface area contributed by atoms with Crippen LogP contribution in [-0.2, 0) is 14.2 Å². The molecule has 7 N–H and O–H groups in total. The predicted molar refractivity (Wildman–Crippen MR) is 76.4 cm³/mol. The first-order valence-electron chi connectivity index (χ1n) is 7.88. The van der Waals surface area contributed by atoms with Crippen molar-refractivity contribution in [3.05, 3.63) is 0 Å². The summed E-state index contributed by atoms with van der Waals surface area (Å²) < 4.78 is 15.9. The highest BCUT2D eigenvalue weighted by atomic mass is 16.7. The van der Waals surface area contributed by atoms with Gasteiger partial charge in [0.1, 0.15) is 36.6 Å². The Bertz CT molecular complexity index is 416. The minimum Gasteiger partial charge on any atom is -0.388 e. The van der Waals surface area contributed by atoms with Crippen LogP contribution in [0.5, 0.6) is 0 Å². The molecule has 4 unspecified atom stereocenters. The number of aliphatic hydroxyl groups is 7. The molecule has 0 saturated carbocycles. The molecule has 9 atom stereocenters. The quantitative estimate of drug-likeness (QED) is 0.250. The van der Waals surface area contributed by atoms with Crippen LogP contribution in [0.2, 0.25) is 0 Å². The van der Waals surface area contributed by atoms with Gasteiger partial charge in [-0.3, -0.25) is 0 Å². The molecule has 0 aromatic heterocycles. The zero-order valence-electron chi connectivity index (χ0n) is 13.5. The molecule has 2 aliphatic heterocycles. The molecular formula is C14H26O10. The van der Waals surface area contributed by atoms with Gasteiger partial charge in [-0.1, -0.05) is 6.92 Å². The summed E-state index contributed by atoms with van der Waals surface area (Å²) in [5.74, 6) is -2.78. The largest absolute Gasteiger partial charge is 0.388 e. The average Bonchev–Trinajstić information content (AvgIpc) is 2.55. The summed E-state index contributed by atoms with van der Waals surface area (Å²) in [6, 6.07) is 0. The number of hydrogen-bond acceptors (Lipinski definition) is 10. The van der Waals surface area contributed by atoms with Crippen molar-refractivity contribution in [3.8, 4) is 0 Å². The fourth-order valence-corrected chi connectivity index (χ4v) is 2.93. The van der Waals surface area contributed by atoms with Crippen molar-refractivity contribution in [1.29, 1.82) is 0 Å². The van der Waals surface area contributed by atoms with E-state index in [2.05, 4.69) is 0 Å². The smallest absolute Gasteiger partial charge is 0.221 e. The van der Waals surface area contributed by atoms with Crippen LogP contribution in [-0.4, -0.2) is 103 Å². The highest BCUT2D eigenvalue weighted by Crippen LogP contribution is 2.29. The molecule has 0 amide bonds. The SMILES string of the molecule is CCC1O[C@@H](OCC2O[C@@H](C)C(O)C(O)(O)[C@@H]2O)C(O)[C@H](O)[C@@H]1O. The lowest BCUT2D eigenvalue weighted by molar-refractivity contribution is -0.359. The summed E-state index contributed by atoms with van der Waals surface area (Å²) in [5, 5.41) is 68.6. The van der Waals surface area contributed by atoms with E-state index in [1.807, 2.05) is 0 Å². The van der Waals surface area contributed by atoms with Gasteiger partial charge in [0.25, 0.3) is 0 Å². The Hall–Kier alpha value is -0.400. The Morgan fingerprint density at radius 2 is 1.50 bits per heavy atom. The molecule has 0 aromatic carbocycles. The summed E-state index contributed by atoms with van der Waals surface area (Å²) in [5.41, 5.74) is 0. The van der Waals surface area contributed by atoms with Crippen LogP contribution < -0.4 is 0 Å². The second-order valence-corrected chi connectivity index (χ2v) is 6.31. The van der Waals surface area contributed by atoms with Crippen LogP contribution in [0.1, 0.15) is 20.3 Å². The molecule has 0 aromatic rings. The lowest BCUT2D eigenvalue weighted by Gasteiger charge is -2.45. The topological polar surface area (TPSA) is 169 Å². The van der Waals surface area contributed by atoms with E-state index in [0.29, 0.717) is 6.42 Å². The van der Waals surface area contributed by atoms with Crippen molar-refractivity contribution in [1.82, 2.24) is 0 Å². The minimum atomic E-state index is -2.78. The van der Waals surface area contributed by atoms with Crippen molar-refractivity contribution in [3.63, 3.8) is 0 Å². The van der Waals surface area contributed by atoms with Gasteiger partial charge in [-0.15, -0.1) is 0 Å². The van der Waals surface area contributed by atoms with Crippen molar-refractivity contribution < 1.29 is 50.0 Å². The number of aliphatic hydroxyl groups excluding tert-OH is 5. The molecule has 2 saturated heterocycles. The van der Waals surface area contributed by atoms with E-state index in [0.717, 1.165) is 0 Å². The van der Waals surface area contributed by atoms with Gasteiger partial charge in [0.05, 0.1) is 18.8 Å². The second kappa shape index (κ2) is 7.46. The van der Waals surface area contributed by atoms with E-state index in [1.165, 1.54) is 6.92 Å². The van der Waals surface area contributed by atoms with Gasteiger partial charge in [0.15, 0.2) is 6.29 Å². The Balaban J connectivity index is 1.99. The fourth-order valence-electron chi connectivity index (χ4n) is 2.93. The lowest BCUT2D eigenvalue weighted by Crippen LogP contribution is -2.67. The summed E-state index contributed by atoms with van der Waals surface area (Å²) in [6.45, 7) is 2.71. The third-order valence-electron chi connectivity index (χ3n) is 4.55. The third-order valence-corrected chi connectivity index (χ3v) is 4.55. The molecule has 24 heavy (non-hydrogen) atoms. The Labute approximate surface area is 138 Å². The molecule has 0 radical (unpaired) electrons. The van der Waals surface area contributed by atoms with Crippen molar-refractivity contribution >= 4 is 0 Å². The van der Waals surface area contributed by atoms with Crippen molar-refractivity contribution in [2.75, 3.05) is 6.61 Å². The molecule has 2 aliphatic rings. The lowest BCUT2D eigenvalue weighted by atomic mass is 9.92. The van der Waals surface area contributed by atoms with E-state index in [1.54, 1.807) is 6.92 Å². The zero-order chi connectivity index (χ0) is 18.2. The number of ether oxygens (including phenoxy) is 3. The van der Waals surface area contributed by atoms with Crippen LogP contribution in [0.15, 0.2) is 0 Å². The van der Waals surface area contributed by atoms with E-state index in [9.17, 15) is 35.7 Å². The molecule has 0 bridgehead atoms. The Morgan fingerprint density at radius 1 is 0.875 bits per heavy atom. The van der Waals surface area contributed by atoms with Gasteiger partial charge in [-0.05, 0) is 13.3 Å². The van der Waals surface area contributed by atoms with Gasteiger partial charge >= 0.3 is 0 Å². The van der Waals surface area contributed by atoms with E-state index in [4.69, 9.17) is 14.2 Å². The summed E-state index contributed by atoms with van der Waals surface area (Å²) in [6.07, 6.45) is -11.7. The predicted octanol–water partition coefficient (Wildman–Crippen LogP) is -3.59. The van der Waals surface area contributed by atoms with Gasteiger partial charge in [0.2, 0.25) is 5.79 Å². The molecule has 0 spiro atoms. The molecule has 2 rings (SSSR count). The summed E-state index contributed by atoms with van der Waals surface area (Å²) in [4.78, 5) is 0. The summed E-state index contributed by atoms with van der Waals surface area (Å²) >= 11 is 0. The maximum absolute atomic E-state index is 9.91. The molecule has 2 fully saturated rings. The van der Waals surface area contributed by atoms with Gasteiger partial charge in [-0.2, -0.15) is 0 Å². The molecule has 142 valence electrons. The van der Waals surface area contributed by atoms with Gasteiger partial charge < -0.3 is 50.0 Å². The first kappa shape index (κ1) is 19.9. The summed E-state index contributed by atoms with van der Waals surface area (Å²) in [7, 11) is 0. The first-order valence-corrected chi connectivity index (χ1v) is 7.88. The Morgan fingerprint density at radius 3 is 2.08 bits per heavy atom. The molecule has 10 nitrogen and oxygen atoms in total. The number of rotatable bonds is 4. The van der Waals surface area contributed by atoms with Gasteiger partial charge in [0, 0.05) is 0 Å². The van der Waals surface area contributed by atoms with E-state index in [-0.39, 0.29) is 0 Å². The molecule has 10 heteroatoms. The molecular weight excluding hydrogens is 328 g/mol. The van der Waals surface area contributed by atoms with Crippen LogP contribution in [0.25, 0.3) is 0 Å². The first-order chi connectivity index (χ1) is 11.1. The van der Waals surface area contributed by atoms with E-state index < -0.39 is 67.5 Å². The normalized spacial score (nSPS) is 49.1. The fraction of sp³-hybridized carbons (Fsp3) is 1.00. The van der Waals surface area contributed by atoms with Crippen molar-refractivity contribution in [2.24, 2.45) is 0 Å². The zero-order valence-corrected chi connectivity index (χ0v) is 13.5. The highest BCUT2D eigenvalue weighted by Gasteiger charge is 2.53. The van der Waals surface area contributed by atoms with Crippen molar-refractivity contribution in [2.45, 2.75) is 81.2 Å². The van der Waals surface area contributed by atoms with E-state index >= 15 is 0 Å². The van der Waals surface area contributed by atoms with Gasteiger partial charge in [-0.25, -0.2) is 0 Å². The average molecular weight is 354 g/mol. The number of hydrogen-bond donors (Lipinski definition) is 7. The second-order valence-electron chi connectivity index (χ2n) is 6.31. The molecule has 0 aliphatic carbocycles. The monoisotopic (exact) mass is 354 g/mol. The Kier molecular flexibility index (Phi) is 6.19. The third kappa shape index (κ3) is 3.58. The molecule has 2 heterocycles.